The van der Waals surface area contributed by atoms with E-state index in [-0.39, 0.29) is 23.0 Å². The van der Waals surface area contributed by atoms with Gasteiger partial charge in [-0.25, -0.2) is 4.98 Å². The van der Waals surface area contributed by atoms with Gasteiger partial charge in [0.1, 0.15) is 11.5 Å². The van der Waals surface area contributed by atoms with Gasteiger partial charge in [0.25, 0.3) is 11.8 Å². The van der Waals surface area contributed by atoms with Gasteiger partial charge in [0.15, 0.2) is 0 Å². The normalized spacial score (nSPS) is 14.7. The maximum absolute atomic E-state index is 12.4. The van der Waals surface area contributed by atoms with Crippen LogP contribution < -0.4 is 5.32 Å². The lowest BCUT2D eigenvalue weighted by Gasteiger charge is -2.23. The molecule has 0 spiro atoms. The first-order chi connectivity index (χ1) is 10.2. The molecule has 5 nitrogen and oxygen atoms in total. The van der Waals surface area contributed by atoms with E-state index in [4.69, 9.17) is 0 Å². The molecule has 3 rings (SSSR count). The summed E-state index contributed by atoms with van der Waals surface area (Å²) in [4.78, 5) is 30.3. The highest BCUT2D eigenvalue weighted by Crippen LogP contribution is 2.35. The van der Waals surface area contributed by atoms with Crippen LogP contribution in [0.3, 0.4) is 0 Å². The number of aromatic nitrogens is 1. The van der Waals surface area contributed by atoms with Crippen molar-refractivity contribution in [1.29, 1.82) is 0 Å². The number of carbonyl (C=O) groups excluding carboxylic acids is 2. The highest BCUT2D eigenvalue weighted by atomic mass is 16.2. The number of nitrogens with one attached hydrogen (secondary N) is 1. The fraction of sp³-hybridized carbons (Fsp3) is 0.353. The predicted molar refractivity (Wildman–Crippen MR) is 86.3 cm³/mol. The SMILES string of the molecule is Cc1cccc2c(NC(C)(C)C)nc3c(c12)C(=O)N(C)C3=O. The van der Waals surface area contributed by atoms with Gasteiger partial charge < -0.3 is 5.32 Å². The van der Waals surface area contributed by atoms with Crippen LogP contribution in [0.15, 0.2) is 18.2 Å². The molecule has 1 aliphatic heterocycles. The number of imide groups is 1. The van der Waals surface area contributed by atoms with Crippen LogP contribution in [0.4, 0.5) is 5.82 Å². The highest BCUT2D eigenvalue weighted by Gasteiger charge is 2.37. The first-order valence-corrected chi connectivity index (χ1v) is 7.24. The van der Waals surface area contributed by atoms with E-state index in [1.54, 1.807) is 0 Å². The van der Waals surface area contributed by atoms with E-state index in [9.17, 15) is 9.59 Å². The van der Waals surface area contributed by atoms with Crippen molar-refractivity contribution in [2.75, 3.05) is 12.4 Å². The fourth-order valence-electron chi connectivity index (χ4n) is 2.78. The minimum Gasteiger partial charge on any atom is -0.365 e. The number of hydrogen-bond donors (Lipinski definition) is 1. The Balaban J connectivity index is 2.40. The lowest BCUT2D eigenvalue weighted by Crippen LogP contribution is -2.27. The number of nitrogens with zero attached hydrogens (tertiary/aromatic N) is 2. The molecule has 114 valence electrons. The van der Waals surface area contributed by atoms with Crippen LogP contribution >= 0.6 is 0 Å². The number of anilines is 1. The summed E-state index contributed by atoms with van der Waals surface area (Å²) >= 11 is 0. The van der Waals surface area contributed by atoms with Gasteiger partial charge in [0.05, 0.1) is 5.56 Å². The lowest BCUT2D eigenvalue weighted by atomic mass is 9.99. The second kappa shape index (κ2) is 4.53. The first-order valence-electron chi connectivity index (χ1n) is 7.24. The summed E-state index contributed by atoms with van der Waals surface area (Å²) in [5.41, 5.74) is 1.42. The van der Waals surface area contributed by atoms with Gasteiger partial charge in [-0.1, -0.05) is 18.2 Å². The minimum absolute atomic E-state index is 0.199. The van der Waals surface area contributed by atoms with E-state index in [0.29, 0.717) is 11.4 Å². The molecule has 2 amide bonds. The van der Waals surface area contributed by atoms with E-state index < -0.39 is 0 Å². The van der Waals surface area contributed by atoms with Crippen molar-refractivity contribution in [3.8, 4) is 0 Å². The largest absolute Gasteiger partial charge is 0.365 e. The van der Waals surface area contributed by atoms with Crippen molar-refractivity contribution in [3.63, 3.8) is 0 Å². The van der Waals surface area contributed by atoms with Crippen LogP contribution in [0, 0.1) is 6.92 Å². The molecule has 22 heavy (non-hydrogen) atoms. The Hall–Kier alpha value is -2.43. The van der Waals surface area contributed by atoms with E-state index in [1.807, 2.05) is 45.9 Å². The molecular formula is C17H19N3O2. The van der Waals surface area contributed by atoms with Gasteiger partial charge in [0, 0.05) is 23.4 Å². The zero-order valence-electron chi connectivity index (χ0n) is 13.4. The van der Waals surface area contributed by atoms with Gasteiger partial charge in [-0.05, 0) is 33.3 Å². The topological polar surface area (TPSA) is 62.3 Å². The number of aryl methyl sites for hydroxylation is 1. The average molecular weight is 297 g/mol. The number of fused-ring (bicyclic) bond motifs is 3. The lowest BCUT2D eigenvalue weighted by molar-refractivity contribution is 0.0692. The molecule has 1 aromatic heterocycles. The van der Waals surface area contributed by atoms with Crippen LogP contribution in [-0.2, 0) is 0 Å². The number of hydrogen-bond acceptors (Lipinski definition) is 4. The number of pyridine rings is 1. The fourth-order valence-corrected chi connectivity index (χ4v) is 2.78. The molecule has 0 radical (unpaired) electrons. The second-order valence-corrected chi connectivity index (χ2v) is 6.73. The first kappa shape index (κ1) is 14.5. The van der Waals surface area contributed by atoms with Gasteiger partial charge >= 0.3 is 0 Å². The summed E-state index contributed by atoms with van der Waals surface area (Å²) in [6, 6.07) is 5.81. The molecule has 0 unspecified atom stereocenters. The number of amides is 2. The predicted octanol–water partition coefficient (Wildman–Crippen LogP) is 2.98. The molecule has 1 N–H and O–H groups in total. The molecule has 0 saturated carbocycles. The maximum Gasteiger partial charge on any atom is 0.280 e. The Bertz CT molecular complexity index is 819. The third-order valence-corrected chi connectivity index (χ3v) is 3.76. The molecule has 0 saturated heterocycles. The molecule has 1 aliphatic rings. The molecule has 0 aliphatic carbocycles. The summed E-state index contributed by atoms with van der Waals surface area (Å²) in [6.45, 7) is 8.04. The molecule has 5 heteroatoms. The zero-order valence-corrected chi connectivity index (χ0v) is 13.4. The van der Waals surface area contributed by atoms with Crippen molar-refractivity contribution >= 4 is 28.4 Å². The van der Waals surface area contributed by atoms with Gasteiger partial charge in [-0.15, -0.1) is 0 Å². The molecule has 2 heterocycles. The smallest absolute Gasteiger partial charge is 0.280 e. The Kier molecular flexibility index (Phi) is 2.99. The van der Waals surface area contributed by atoms with Gasteiger partial charge in [-0.2, -0.15) is 0 Å². The Morgan fingerprint density at radius 2 is 1.82 bits per heavy atom. The molecule has 1 aromatic carbocycles. The van der Waals surface area contributed by atoms with E-state index in [2.05, 4.69) is 10.3 Å². The average Bonchev–Trinajstić information content (AvgIpc) is 2.63. The minimum atomic E-state index is -0.345. The van der Waals surface area contributed by atoms with Crippen LogP contribution in [-0.4, -0.2) is 34.3 Å². The third kappa shape index (κ3) is 2.04. The summed E-state index contributed by atoms with van der Waals surface area (Å²) in [5, 5.41) is 5.01. The van der Waals surface area contributed by atoms with E-state index in [0.717, 1.165) is 21.2 Å². The Labute approximate surface area is 129 Å². The summed E-state index contributed by atoms with van der Waals surface area (Å²) in [7, 11) is 1.49. The number of carbonyl (C=O) groups is 2. The molecule has 0 bridgehead atoms. The molecule has 0 fully saturated rings. The van der Waals surface area contributed by atoms with Crippen molar-refractivity contribution in [2.24, 2.45) is 0 Å². The Morgan fingerprint density at radius 3 is 2.45 bits per heavy atom. The zero-order chi connectivity index (χ0) is 16.2. The molecule has 0 atom stereocenters. The van der Waals surface area contributed by atoms with Crippen molar-refractivity contribution in [1.82, 2.24) is 9.88 Å². The van der Waals surface area contributed by atoms with E-state index >= 15 is 0 Å². The van der Waals surface area contributed by atoms with Gasteiger partial charge in [-0.3, -0.25) is 14.5 Å². The maximum atomic E-state index is 12.4. The summed E-state index contributed by atoms with van der Waals surface area (Å²) < 4.78 is 0. The molecular weight excluding hydrogens is 278 g/mol. The quantitative estimate of drug-likeness (QED) is 0.822. The van der Waals surface area contributed by atoms with Crippen LogP contribution in [0.5, 0.6) is 0 Å². The standard InChI is InChI=1S/C17H19N3O2/c1-9-7-6-8-10-11(9)12-13(16(22)20(5)15(12)21)18-14(10)19-17(2,3)4/h6-8H,1-5H3,(H,18,19). The number of benzene rings is 1. The Morgan fingerprint density at radius 1 is 1.14 bits per heavy atom. The highest BCUT2D eigenvalue weighted by molar-refractivity contribution is 6.26. The van der Waals surface area contributed by atoms with Crippen molar-refractivity contribution in [3.05, 3.63) is 35.0 Å². The molecule has 2 aromatic rings. The summed E-state index contributed by atoms with van der Waals surface area (Å²) in [5.74, 6) is 0.0117. The van der Waals surface area contributed by atoms with Gasteiger partial charge in [0.2, 0.25) is 0 Å². The number of rotatable bonds is 1. The third-order valence-electron chi connectivity index (χ3n) is 3.76. The van der Waals surface area contributed by atoms with Crippen LogP contribution in [0.2, 0.25) is 0 Å². The van der Waals surface area contributed by atoms with Crippen LogP contribution in [0.1, 0.15) is 47.2 Å². The monoisotopic (exact) mass is 297 g/mol. The van der Waals surface area contributed by atoms with Crippen molar-refractivity contribution < 1.29 is 9.59 Å². The van der Waals surface area contributed by atoms with E-state index in [1.165, 1.54) is 7.05 Å². The van der Waals surface area contributed by atoms with Crippen LogP contribution in [0.25, 0.3) is 10.8 Å². The van der Waals surface area contributed by atoms with Crippen molar-refractivity contribution in [2.45, 2.75) is 33.2 Å². The second-order valence-electron chi connectivity index (χ2n) is 6.73. The summed E-state index contributed by atoms with van der Waals surface area (Å²) in [6.07, 6.45) is 0.